The number of benzene rings is 1. The van der Waals surface area contributed by atoms with Gasteiger partial charge in [-0.05, 0) is 43.5 Å². The van der Waals surface area contributed by atoms with Gasteiger partial charge in [-0.3, -0.25) is 9.80 Å². The molecule has 3 atom stereocenters. The van der Waals surface area contributed by atoms with Crippen molar-refractivity contribution in [3.8, 4) is 0 Å². The summed E-state index contributed by atoms with van der Waals surface area (Å²) in [6.07, 6.45) is 2.45. The molecule has 2 bridgehead atoms. The van der Waals surface area contributed by atoms with E-state index in [0.717, 1.165) is 26.2 Å². The van der Waals surface area contributed by atoms with Crippen LogP contribution in [0.3, 0.4) is 0 Å². The number of nitrogens with zero attached hydrogens (tertiary/aromatic N) is 2. The molecule has 0 amide bonds. The second-order valence-corrected chi connectivity index (χ2v) is 7.09. The number of likely N-dealkylation sites (tertiary alicyclic amines) is 1. The van der Waals surface area contributed by atoms with Gasteiger partial charge in [0.1, 0.15) is 0 Å². The SMILES string of the molecule is COCCN1C[C@H](c2cccc(F)c2F)[C@H]2[C@@H]1C1CCN2CC1. The minimum atomic E-state index is -0.731. The number of piperidine rings is 3. The molecule has 23 heavy (non-hydrogen) atoms. The van der Waals surface area contributed by atoms with Crippen LogP contribution in [0.1, 0.15) is 24.3 Å². The maximum absolute atomic E-state index is 14.4. The van der Waals surface area contributed by atoms with E-state index in [1.54, 1.807) is 19.2 Å². The first kappa shape index (κ1) is 15.5. The molecule has 0 spiro atoms. The van der Waals surface area contributed by atoms with Crippen LogP contribution in [0.25, 0.3) is 0 Å². The summed E-state index contributed by atoms with van der Waals surface area (Å²) in [7, 11) is 1.72. The van der Waals surface area contributed by atoms with Gasteiger partial charge >= 0.3 is 0 Å². The Balaban J connectivity index is 1.68. The Labute approximate surface area is 136 Å². The van der Waals surface area contributed by atoms with Crippen molar-refractivity contribution in [1.29, 1.82) is 0 Å². The number of hydrogen-bond donors (Lipinski definition) is 0. The van der Waals surface area contributed by atoms with Crippen LogP contribution < -0.4 is 0 Å². The van der Waals surface area contributed by atoms with Crippen LogP contribution in [-0.4, -0.2) is 61.8 Å². The summed E-state index contributed by atoms with van der Waals surface area (Å²) in [5.41, 5.74) is 0.549. The van der Waals surface area contributed by atoms with Gasteiger partial charge in [0.05, 0.1) is 6.61 Å². The Kier molecular flexibility index (Phi) is 4.12. The number of ether oxygens (including phenoxy) is 1. The van der Waals surface area contributed by atoms with E-state index in [1.807, 2.05) is 0 Å². The maximum atomic E-state index is 14.4. The van der Waals surface area contributed by atoms with Gasteiger partial charge < -0.3 is 4.74 Å². The van der Waals surface area contributed by atoms with Gasteiger partial charge in [-0.25, -0.2) is 8.78 Å². The zero-order valence-electron chi connectivity index (χ0n) is 13.5. The molecule has 5 heteroatoms. The number of fused-ring (bicyclic) bond motifs is 2. The van der Waals surface area contributed by atoms with Crippen LogP contribution in [0, 0.1) is 17.6 Å². The normalized spacial score (nSPS) is 36.4. The minimum absolute atomic E-state index is 0.0515. The largest absolute Gasteiger partial charge is 0.383 e. The third kappa shape index (κ3) is 2.49. The van der Waals surface area contributed by atoms with E-state index in [1.165, 1.54) is 18.9 Å². The Morgan fingerprint density at radius 3 is 2.70 bits per heavy atom. The smallest absolute Gasteiger partial charge is 0.162 e. The zero-order valence-corrected chi connectivity index (χ0v) is 13.5. The molecule has 4 heterocycles. The van der Waals surface area contributed by atoms with E-state index < -0.39 is 11.6 Å². The average molecular weight is 322 g/mol. The summed E-state index contributed by atoms with van der Waals surface area (Å²) >= 11 is 0. The molecule has 5 rings (SSSR count). The lowest BCUT2D eigenvalue weighted by Crippen LogP contribution is -2.60. The Morgan fingerprint density at radius 2 is 1.96 bits per heavy atom. The standard InChI is InChI=1S/C18H24F2N2O/c1-23-10-9-22-11-14(13-3-2-4-15(19)16(13)20)18-17(22)12-5-7-21(18)8-6-12/h2-4,12,14,17-18H,5-11H2,1H3/t14-,17+,18+/m1/s1. The molecule has 0 aromatic heterocycles. The third-order valence-corrected chi connectivity index (χ3v) is 6.06. The lowest BCUT2D eigenvalue weighted by molar-refractivity contribution is -0.0117. The quantitative estimate of drug-likeness (QED) is 0.847. The van der Waals surface area contributed by atoms with Crippen LogP contribution in [0.15, 0.2) is 18.2 Å². The third-order valence-electron chi connectivity index (χ3n) is 6.06. The van der Waals surface area contributed by atoms with Crippen molar-refractivity contribution < 1.29 is 13.5 Å². The van der Waals surface area contributed by atoms with E-state index in [-0.39, 0.29) is 5.92 Å². The molecule has 0 radical (unpaired) electrons. The average Bonchev–Trinajstić information content (AvgIpc) is 2.98. The predicted octanol–water partition coefficient (Wildman–Crippen LogP) is 2.47. The lowest BCUT2D eigenvalue weighted by atomic mass is 9.75. The van der Waals surface area contributed by atoms with E-state index in [9.17, 15) is 8.78 Å². The van der Waals surface area contributed by atoms with Gasteiger partial charge in [0.2, 0.25) is 0 Å². The number of rotatable bonds is 4. The van der Waals surface area contributed by atoms with Crippen molar-refractivity contribution in [3.05, 3.63) is 35.4 Å². The predicted molar refractivity (Wildman–Crippen MR) is 84.4 cm³/mol. The fraction of sp³-hybridized carbons (Fsp3) is 0.667. The van der Waals surface area contributed by atoms with Crippen molar-refractivity contribution in [1.82, 2.24) is 9.80 Å². The first-order valence-corrected chi connectivity index (χ1v) is 8.61. The van der Waals surface area contributed by atoms with E-state index in [4.69, 9.17) is 4.74 Å². The fourth-order valence-corrected chi connectivity index (χ4v) is 5.08. The molecule has 0 unspecified atom stereocenters. The molecule has 0 N–H and O–H groups in total. The highest BCUT2D eigenvalue weighted by atomic mass is 19.2. The molecular formula is C18H24F2N2O. The molecule has 4 fully saturated rings. The fourth-order valence-electron chi connectivity index (χ4n) is 5.08. The van der Waals surface area contributed by atoms with Crippen LogP contribution >= 0.6 is 0 Å². The second kappa shape index (κ2) is 6.11. The first-order chi connectivity index (χ1) is 11.2. The van der Waals surface area contributed by atoms with Gasteiger partial charge in [0, 0.05) is 38.2 Å². The molecule has 126 valence electrons. The van der Waals surface area contributed by atoms with Crippen molar-refractivity contribution >= 4 is 0 Å². The van der Waals surface area contributed by atoms with Gasteiger partial charge in [0.25, 0.3) is 0 Å². The van der Waals surface area contributed by atoms with Crippen molar-refractivity contribution in [2.45, 2.75) is 30.8 Å². The molecular weight excluding hydrogens is 298 g/mol. The molecule has 4 saturated heterocycles. The molecule has 3 nitrogen and oxygen atoms in total. The van der Waals surface area contributed by atoms with Gasteiger partial charge in [0.15, 0.2) is 11.6 Å². The summed E-state index contributed by atoms with van der Waals surface area (Å²) in [4.78, 5) is 4.96. The highest BCUT2D eigenvalue weighted by Gasteiger charge is 2.53. The highest BCUT2D eigenvalue weighted by Crippen LogP contribution is 2.46. The molecule has 0 saturated carbocycles. The highest BCUT2D eigenvalue weighted by molar-refractivity contribution is 5.29. The lowest BCUT2D eigenvalue weighted by Gasteiger charge is -2.51. The van der Waals surface area contributed by atoms with Crippen molar-refractivity contribution in [2.75, 3.05) is 39.9 Å². The monoisotopic (exact) mass is 322 g/mol. The molecule has 4 aliphatic heterocycles. The first-order valence-electron chi connectivity index (χ1n) is 8.61. The van der Waals surface area contributed by atoms with Crippen LogP contribution in [0.4, 0.5) is 8.78 Å². The number of hydrogen-bond acceptors (Lipinski definition) is 3. The zero-order chi connectivity index (χ0) is 16.0. The Bertz CT molecular complexity index is 574. The summed E-state index contributed by atoms with van der Waals surface area (Å²) in [5.74, 6) is -0.656. The summed E-state index contributed by atoms with van der Waals surface area (Å²) in [5, 5.41) is 0. The minimum Gasteiger partial charge on any atom is -0.383 e. The Hall–Kier alpha value is -1.04. The summed E-state index contributed by atoms with van der Waals surface area (Å²) in [6.45, 7) is 4.55. The summed E-state index contributed by atoms with van der Waals surface area (Å²) < 4.78 is 33.4. The second-order valence-electron chi connectivity index (χ2n) is 7.09. The van der Waals surface area contributed by atoms with Crippen molar-refractivity contribution in [2.24, 2.45) is 5.92 Å². The molecule has 4 aliphatic rings. The van der Waals surface area contributed by atoms with E-state index >= 15 is 0 Å². The van der Waals surface area contributed by atoms with Crippen LogP contribution in [0.2, 0.25) is 0 Å². The molecule has 1 aromatic carbocycles. The maximum Gasteiger partial charge on any atom is 0.162 e. The number of methoxy groups -OCH3 is 1. The van der Waals surface area contributed by atoms with Crippen LogP contribution in [0.5, 0.6) is 0 Å². The molecule has 0 aliphatic carbocycles. The van der Waals surface area contributed by atoms with Crippen molar-refractivity contribution in [3.63, 3.8) is 0 Å². The van der Waals surface area contributed by atoms with Crippen LogP contribution in [-0.2, 0) is 4.74 Å². The topological polar surface area (TPSA) is 15.7 Å². The number of halogens is 2. The van der Waals surface area contributed by atoms with Gasteiger partial charge in [-0.15, -0.1) is 0 Å². The van der Waals surface area contributed by atoms with E-state index in [2.05, 4.69) is 9.80 Å². The summed E-state index contributed by atoms with van der Waals surface area (Å²) in [6, 6.07) is 5.39. The van der Waals surface area contributed by atoms with Gasteiger partial charge in [-0.1, -0.05) is 12.1 Å². The Morgan fingerprint density at radius 1 is 1.17 bits per heavy atom. The van der Waals surface area contributed by atoms with Gasteiger partial charge in [-0.2, -0.15) is 0 Å². The molecule has 1 aromatic rings. The van der Waals surface area contributed by atoms with E-state index in [0.29, 0.717) is 30.2 Å².